The van der Waals surface area contributed by atoms with Gasteiger partial charge in [-0.1, -0.05) is 77.6 Å². The van der Waals surface area contributed by atoms with Crippen molar-refractivity contribution in [2.75, 3.05) is 6.61 Å². The maximum atomic E-state index is 13.5. The molecular weight excluding hydrogens is 692 g/mol. The minimum atomic E-state index is -0.455. The van der Waals surface area contributed by atoms with Gasteiger partial charge in [-0.2, -0.15) is 9.78 Å². The number of hydrogen-bond donors (Lipinski definition) is 0. The van der Waals surface area contributed by atoms with E-state index in [1.807, 2.05) is 39.8 Å². The lowest BCUT2D eigenvalue weighted by Crippen LogP contribution is -2.29. The molecule has 0 aliphatic carbocycles. The van der Waals surface area contributed by atoms with Crippen molar-refractivity contribution in [1.29, 1.82) is 0 Å². The molecule has 1 aromatic heterocycles. The normalized spacial score (nSPS) is 11.9. The number of aromatic nitrogens is 2. The third-order valence-electron chi connectivity index (χ3n) is 5.63. The summed E-state index contributed by atoms with van der Waals surface area (Å²) in [6.45, 7) is 8.32. The monoisotopic (exact) mass is 713 g/mol. The van der Waals surface area contributed by atoms with Gasteiger partial charge in [-0.05, 0) is 59.3 Å². The first-order chi connectivity index (χ1) is 18.4. The van der Waals surface area contributed by atoms with Crippen LogP contribution >= 0.6 is 66.7 Å². The van der Waals surface area contributed by atoms with Gasteiger partial charge in [-0.3, -0.25) is 4.79 Å². The Bertz CT molecular complexity index is 1650. The Hall–Kier alpha value is -2.10. The highest BCUT2D eigenvalue weighted by Gasteiger charge is 2.23. The fourth-order valence-electron chi connectivity index (χ4n) is 3.75. The minimum Gasteiger partial charge on any atom is -0.490 e. The summed E-state index contributed by atoms with van der Waals surface area (Å²) in [6, 6.07) is 12.3. The molecule has 0 atom stereocenters. The van der Waals surface area contributed by atoms with Crippen LogP contribution < -0.4 is 15.0 Å². The molecule has 0 aliphatic rings. The fraction of sp³-hybridized carbons (Fsp3) is 0.250. The molecule has 204 valence electrons. The average Bonchev–Trinajstić information content (AvgIpc) is 2.86. The zero-order valence-corrected chi connectivity index (χ0v) is 26.9. The molecule has 0 unspecified atom stereocenters. The topological polar surface area (TPSA) is 65.7 Å². The molecule has 4 rings (SSSR count). The number of ether oxygens (including phenoxy) is 2. The predicted molar refractivity (Wildman–Crippen MR) is 167 cm³/mol. The lowest BCUT2D eigenvalue weighted by molar-refractivity contribution is 0.269. The Kier molecular flexibility index (Phi) is 9.33. The van der Waals surface area contributed by atoms with E-state index in [-0.39, 0.29) is 17.2 Å². The van der Waals surface area contributed by atoms with Crippen molar-refractivity contribution in [1.82, 2.24) is 9.66 Å². The largest absolute Gasteiger partial charge is 0.490 e. The molecule has 6 nitrogen and oxygen atoms in total. The van der Waals surface area contributed by atoms with E-state index in [4.69, 9.17) is 49.3 Å². The highest BCUT2D eigenvalue weighted by molar-refractivity contribution is 9.10. The van der Waals surface area contributed by atoms with E-state index in [9.17, 15) is 4.79 Å². The van der Waals surface area contributed by atoms with Gasteiger partial charge < -0.3 is 9.47 Å². The Morgan fingerprint density at radius 2 is 1.79 bits per heavy atom. The van der Waals surface area contributed by atoms with E-state index in [0.717, 1.165) is 10.0 Å². The van der Waals surface area contributed by atoms with Gasteiger partial charge >= 0.3 is 0 Å². The van der Waals surface area contributed by atoms with Crippen molar-refractivity contribution < 1.29 is 9.47 Å². The second-order valence-electron chi connectivity index (χ2n) is 9.59. The first kappa shape index (κ1) is 29.9. The van der Waals surface area contributed by atoms with Crippen LogP contribution in [0.5, 0.6) is 11.5 Å². The number of nitrogens with zero attached hydrogens (tertiary/aromatic N) is 3. The molecule has 0 aliphatic heterocycles. The van der Waals surface area contributed by atoms with Crippen LogP contribution in [-0.2, 0) is 12.0 Å². The van der Waals surface area contributed by atoms with E-state index in [1.165, 1.54) is 4.68 Å². The molecule has 0 fully saturated rings. The lowest BCUT2D eigenvalue weighted by atomic mass is 9.95. The van der Waals surface area contributed by atoms with E-state index >= 15 is 0 Å². The predicted octanol–water partition coefficient (Wildman–Crippen LogP) is 9.04. The number of rotatable bonds is 7. The maximum Gasteiger partial charge on any atom is 0.282 e. The van der Waals surface area contributed by atoms with Crippen LogP contribution in [0.1, 0.15) is 44.6 Å². The van der Waals surface area contributed by atoms with Crippen LogP contribution in [0.25, 0.3) is 10.9 Å². The van der Waals surface area contributed by atoms with E-state index in [2.05, 4.69) is 37.0 Å². The van der Waals surface area contributed by atoms with Gasteiger partial charge in [0.15, 0.2) is 11.5 Å². The average molecular weight is 717 g/mol. The Morgan fingerprint density at radius 3 is 2.46 bits per heavy atom. The zero-order chi connectivity index (χ0) is 28.5. The van der Waals surface area contributed by atoms with Crippen LogP contribution in [0.2, 0.25) is 15.1 Å². The van der Waals surface area contributed by atoms with Crippen molar-refractivity contribution in [3.8, 4) is 11.5 Å². The van der Waals surface area contributed by atoms with Crippen LogP contribution in [-0.4, -0.2) is 22.5 Å². The summed E-state index contributed by atoms with van der Waals surface area (Å²) in [7, 11) is 0. The molecule has 0 saturated carbocycles. The Labute approximate surface area is 258 Å². The molecule has 4 aromatic rings. The lowest BCUT2D eigenvalue weighted by Gasteiger charge is -2.21. The van der Waals surface area contributed by atoms with E-state index < -0.39 is 5.41 Å². The third-order valence-corrected chi connectivity index (χ3v) is 8.16. The quantitative estimate of drug-likeness (QED) is 0.179. The van der Waals surface area contributed by atoms with Crippen molar-refractivity contribution in [3.63, 3.8) is 0 Å². The molecule has 1 heterocycles. The Balaban J connectivity index is 1.78. The minimum absolute atomic E-state index is 0.151. The second-order valence-corrected chi connectivity index (χ2v) is 12.5. The fourth-order valence-corrected chi connectivity index (χ4v) is 5.22. The number of fused-ring (bicyclic) bond motifs is 1. The molecule has 0 N–H and O–H groups in total. The van der Waals surface area contributed by atoms with Gasteiger partial charge in [0.25, 0.3) is 5.56 Å². The first-order valence-electron chi connectivity index (χ1n) is 11.9. The number of hydrogen-bond acceptors (Lipinski definition) is 5. The van der Waals surface area contributed by atoms with Crippen LogP contribution in [0.15, 0.2) is 61.3 Å². The van der Waals surface area contributed by atoms with Gasteiger partial charge in [0.1, 0.15) is 17.5 Å². The van der Waals surface area contributed by atoms with Gasteiger partial charge in [0, 0.05) is 35.5 Å². The van der Waals surface area contributed by atoms with Crippen molar-refractivity contribution in [2.24, 2.45) is 5.10 Å². The van der Waals surface area contributed by atoms with Gasteiger partial charge in [-0.15, -0.1) is 0 Å². The first-order valence-corrected chi connectivity index (χ1v) is 14.6. The summed E-state index contributed by atoms with van der Waals surface area (Å²) >= 11 is 26.0. The molecule has 11 heteroatoms. The van der Waals surface area contributed by atoms with Gasteiger partial charge in [0.05, 0.1) is 23.7 Å². The highest BCUT2D eigenvalue weighted by Crippen LogP contribution is 2.43. The van der Waals surface area contributed by atoms with Gasteiger partial charge in [0.2, 0.25) is 0 Å². The third kappa shape index (κ3) is 6.63. The molecule has 3 aromatic carbocycles. The number of halogens is 5. The molecule has 0 saturated heterocycles. The summed E-state index contributed by atoms with van der Waals surface area (Å²) in [6.07, 6.45) is 1.54. The SMILES string of the molecule is CCOc1cc(C=Nn2c(C(C)(C)C)nc3ccc(Br)cc3c2=O)c(Br)c(Cl)c1OCc1ccc(Cl)cc1Cl. The second kappa shape index (κ2) is 12.2. The maximum absolute atomic E-state index is 13.5. The summed E-state index contributed by atoms with van der Waals surface area (Å²) in [5, 5.41) is 6.31. The zero-order valence-electron chi connectivity index (χ0n) is 21.5. The smallest absolute Gasteiger partial charge is 0.282 e. The molecule has 0 spiro atoms. The van der Waals surface area contributed by atoms with Crippen LogP contribution in [0.3, 0.4) is 0 Å². The Morgan fingerprint density at radius 1 is 1.05 bits per heavy atom. The molecule has 0 amide bonds. The standard InChI is InChI=1S/C28H24Br2Cl3N3O3/c1-5-38-22-10-16(23(30)24(33)25(22)39-14-15-6-8-18(31)12-20(15)32)13-34-36-26(37)19-11-17(29)7-9-21(19)35-27(36)28(2,3)4/h6-13H,5,14H2,1-4H3. The summed E-state index contributed by atoms with van der Waals surface area (Å²) in [4.78, 5) is 18.3. The van der Waals surface area contributed by atoms with Crippen LogP contribution in [0, 0.1) is 0 Å². The summed E-state index contributed by atoms with van der Waals surface area (Å²) < 4.78 is 14.5. The number of benzene rings is 3. The molecular formula is C28H24Br2Cl3N3O3. The molecule has 0 radical (unpaired) electrons. The van der Waals surface area contributed by atoms with Crippen molar-refractivity contribution in [2.45, 2.75) is 39.7 Å². The molecule has 0 bridgehead atoms. The van der Waals surface area contributed by atoms with Crippen molar-refractivity contribution >= 4 is 83.8 Å². The van der Waals surface area contributed by atoms with E-state index in [0.29, 0.717) is 54.9 Å². The van der Waals surface area contributed by atoms with Gasteiger partial charge in [-0.25, -0.2) is 4.98 Å². The summed E-state index contributed by atoms with van der Waals surface area (Å²) in [5.41, 5.74) is 1.19. The molecule has 39 heavy (non-hydrogen) atoms. The summed E-state index contributed by atoms with van der Waals surface area (Å²) in [5.74, 6) is 1.28. The van der Waals surface area contributed by atoms with Crippen LogP contribution in [0.4, 0.5) is 0 Å². The van der Waals surface area contributed by atoms with Crippen molar-refractivity contribution in [3.05, 3.63) is 93.8 Å². The van der Waals surface area contributed by atoms with E-state index in [1.54, 1.807) is 36.5 Å². The highest BCUT2D eigenvalue weighted by atomic mass is 79.9.